The van der Waals surface area contributed by atoms with Crippen LogP contribution in [0.25, 0.3) is 6.08 Å². The van der Waals surface area contributed by atoms with E-state index in [0.29, 0.717) is 44.3 Å². The molecule has 0 unspecified atom stereocenters. The van der Waals surface area contributed by atoms with E-state index in [0.717, 1.165) is 5.56 Å². The van der Waals surface area contributed by atoms with Gasteiger partial charge in [0.25, 0.3) is 5.56 Å². The Hall–Kier alpha value is -4.21. The quantitative estimate of drug-likeness (QED) is 0.233. The van der Waals surface area contributed by atoms with Crippen molar-refractivity contribution in [1.29, 1.82) is 0 Å². The molecule has 7 nitrogen and oxygen atoms in total. The van der Waals surface area contributed by atoms with E-state index >= 15 is 0 Å². The number of allylic oxidation sites excluding steroid dienone is 1. The summed E-state index contributed by atoms with van der Waals surface area (Å²) in [5.74, 6) is -0.110. The maximum atomic E-state index is 14.2. The number of nitrogens with zero attached hydrogens (tertiary/aromatic N) is 2. The zero-order valence-electron chi connectivity index (χ0n) is 23.2. The number of ether oxygens (including phenoxy) is 3. The highest BCUT2D eigenvalue weighted by molar-refractivity contribution is 7.07. The summed E-state index contributed by atoms with van der Waals surface area (Å²) in [7, 11) is 0. The minimum absolute atomic E-state index is 0.0782. The minimum atomic E-state index is -0.677. The van der Waals surface area contributed by atoms with Crippen molar-refractivity contribution >= 4 is 35.0 Å². The second-order valence-electron chi connectivity index (χ2n) is 9.34. The van der Waals surface area contributed by atoms with Gasteiger partial charge in [0.15, 0.2) is 16.3 Å². The molecule has 0 N–H and O–H groups in total. The zero-order chi connectivity index (χ0) is 29.8. The van der Waals surface area contributed by atoms with Gasteiger partial charge in [0.2, 0.25) is 0 Å². The third kappa shape index (κ3) is 5.89. The molecule has 1 aliphatic rings. The van der Waals surface area contributed by atoms with Crippen LogP contribution in [-0.4, -0.2) is 23.8 Å². The van der Waals surface area contributed by atoms with E-state index in [9.17, 15) is 14.0 Å². The number of benzene rings is 3. The Bertz CT molecular complexity index is 1830. The van der Waals surface area contributed by atoms with E-state index in [1.54, 1.807) is 48.8 Å². The zero-order valence-corrected chi connectivity index (χ0v) is 24.8. The van der Waals surface area contributed by atoms with Crippen LogP contribution in [0, 0.1) is 5.82 Å². The highest BCUT2D eigenvalue weighted by Gasteiger charge is 2.33. The Kier molecular flexibility index (Phi) is 8.89. The molecule has 1 aliphatic heterocycles. The summed E-state index contributed by atoms with van der Waals surface area (Å²) in [6, 6.07) is 18.4. The second-order valence-corrected chi connectivity index (χ2v) is 10.8. The van der Waals surface area contributed by atoms with Gasteiger partial charge in [-0.25, -0.2) is 14.2 Å². The molecular formula is C32H28ClFN2O5S. The van der Waals surface area contributed by atoms with Crippen LogP contribution in [0.4, 0.5) is 4.39 Å². The van der Waals surface area contributed by atoms with Crippen LogP contribution >= 0.6 is 22.9 Å². The van der Waals surface area contributed by atoms with Crippen molar-refractivity contribution in [2.75, 3.05) is 13.2 Å². The first kappa shape index (κ1) is 29.3. The molecule has 0 saturated heterocycles. The number of esters is 1. The Morgan fingerprint density at radius 2 is 1.83 bits per heavy atom. The molecule has 0 spiro atoms. The molecule has 216 valence electrons. The van der Waals surface area contributed by atoms with Crippen LogP contribution in [-0.2, 0) is 16.1 Å². The molecule has 4 aromatic rings. The lowest BCUT2D eigenvalue weighted by atomic mass is 9.96. The minimum Gasteiger partial charge on any atom is -0.490 e. The maximum absolute atomic E-state index is 14.2. The van der Waals surface area contributed by atoms with Gasteiger partial charge in [0, 0.05) is 5.56 Å². The number of hydrogen-bond donors (Lipinski definition) is 0. The van der Waals surface area contributed by atoms with Crippen molar-refractivity contribution < 1.29 is 23.4 Å². The monoisotopic (exact) mass is 606 g/mol. The van der Waals surface area contributed by atoms with Crippen molar-refractivity contribution in [3.8, 4) is 11.5 Å². The first-order valence-corrected chi connectivity index (χ1v) is 14.6. The van der Waals surface area contributed by atoms with E-state index < -0.39 is 17.8 Å². The fourth-order valence-corrected chi connectivity index (χ4v) is 5.98. The summed E-state index contributed by atoms with van der Waals surface area (Å²) in [6.07, 6.45) is 1.75. The summed E-state index contributed by atoms with van der Waals surface area (Å²) in [6.45, 7) is 5.83. The average molecular weight is 607 g/mol. The largest absolute Gasteiger partial charge is 0.490 e. The number of halogens is 2. The normalized spacial score (nSPS) is 14.8. The van der Waals surface area contributed by atoms with Gasteiger partial charge in [-0.2, -0.15) is 0 Å². The van der Waals surface area contributed by atoms with Gasteiger partial charge in [0.1, 0.15) is 12.4 Å². The Morgan fingerprint density at radius 3 is 2.55 bits per heavy atom. The Balaban J connectivity index is 1.55. The van der Waals surface area contributed by atoms with Gasteiger partial charge >= 0.3 is 5.97 Å². The predicted molar refractivity (Wildman–Crippen MR) is 160 cm³/mol. The molecule has 3 aromatic carbocycles. The fourth-order valence-electron chi connectivity index (χ4n) is 4.72. The lowest BCUT2D eigenvalue weighted by molar-refractivity contribution is -0.139. The molecule has 5 rings (SSSR count). The third-order valence-electron chi connectivity index (χ3n) is 6.63. The first-order chi connectivity index (χ1) is 20.3. The van der Waals surface area contributed by atoms with Gasteiger partial charge in [0.05, 0.1) is 40.1 Å². The molecule has 0 fully saturated rings. The number of carbonyl (C=O) groups is 1. The van der Waals surface area contributed by atoms with Crippen molar-refractivity contribution in [2.45, 2.75) is 33.4 Å². The molecule has 2 heterocycles. The van der Waals surface area contributed by atoms with E-state index in [4.69, 9.17) is 25.8 Å². The summed E-state index contributed by atoms with van der Waals surface area (Å²) in [4.78, 5) is 31.9. The summed E-state index contributed by atoms with van der Waals surface area (Å²) < 4.78 is 33.2. The average Bonchev–Trinajstić information content (AvgIpc) is 3.27. The Labute approximate surface area is 250 Å². The highest BCUT2D eigenvalue weighted by Crippen LogP contribution is 2.32. The smallest absolute Gasteiger partial charge is 0.338 e. The highest BCUT2D eigenvalue weighted by atomic mass is 35.5. The lowest BCUT2D eigenvalue weighted by Crippen LogP contribution is -2.39. The Morgan fingerprint density at radius 1 is 1.05 bits per heavy atom. The number of hydrogen-bond acceptors (Lipinski definition) is 7. The standard InChI is InChI=1S/C32H28ClFN2O5S/c1-4-39-26-16-20(14-15-25(26)41-18-22-23(33)12-9-13-24(22)34)17-27-30(37)36-29(21-10-7-6-8-11-21)28(31(38)40-5-2)19(3)35-32(36)42-27/h6-17,29H,4-5,18H2,1-3H3/t29-/m1/s1. The van der Waals surface area contributed by atoms with Crippen LogP contribution in [0.3, 0.4) is 0 Å². The van der Waals surface area contributed by atoms with E-state index in [2.05, 4.69) is 4.99 Å². The van der Waals surface area contributed by atoms with E-state index in [-0.39, 0.29) is 29.4 Å². The number of thiazole rings is 1. The van der Waals surface area contributed by atoms with Crippen molar-refractivity contribution in [2.24, 2.45) is 4.99 Å². The maximum Gasteiger partial charge on any atom is 0.338 e. The van der Waals surface area contributed by atoms with Crippen molar-refractivity contribution in [3.05, 3.63) is 125 Å². The van der Waals surface area contributed by atoms with Crippen LogP contribution in [0.15, 0.2) is 87.8 Å². The molecule has 42 heavy (non-hydrogen) atoms. The van der Waals surface area contributed by atoms with Gasteiger partial charge in [-0.3, -0.25) is 9.36 Å². The topological polar surface area (TPSA) is 79.1 Å². The van der Waals surface area contributed by atoms with Gasteiger partial charge in [-0.15, -0.1) is 0 Å². The first-order valence-electron chi connectivity index (χ1n) is 13.4. The molecule has 0 bridgehead atoms. The number of aromatic nitrogens is 1. The molecule has 10 heteroatoms. The predicted octanol–water partition coefficient (Wildman–Crippen LogP) is 5.57. The molecule has 1 aromatic heterocycles. The van der Waals surface area contributed by atoms with Gasteiger partial charge in [-0.1, -0.05) is 65.4 Å². The lowest BCUT2D eigenvalue weighted by Gasteiger charge is -2.24. The molecule has 0 saturated carbocycles. The van der Waals surface area contributed by atoms with Crippen molar-refractivity contribution in [3.63, 3.8) is 0 Å². The van der Waals surface area contributed by atoms with Crippen LogP contribution in [0.2, 0.25) is 5.02 Å². The van der Waals surface area contributed by atoms with Crippen molar-refractivity contribution in [1.82, 2.24) is 4.57 Å². The summed E-state index contributed by atoms with van der Waals surface area (Å²) in [5.41, 5.74) is 2.27. The van der Waals surface area contributed by atoms with Gasteiger partial charge < -0.3 is 14.2 Å². The molecule has 1 atom stereocenters. The fraction of sp³-hybridized carbons (Fsp3) is 0.219. The molecule has 0 amide bonds. The SMILES string of the molecule is CCOC(=O)C1=C(C)N=c2sc(=Cc3ccc(OCc4c(F)cccc4Cl)c(OCC)c3)c(=O)n2[C@@H]1c1ccccc1. The van der Waals surface area contributed by atoms with Crippen LogP contribution < -0.4 is 24.4 Å². The van der Waals surface area contributed by atoms with E-state index in [1.807, 2.05) is 37.3 Å². The van der Waals surface area contributed by atoms with Gasteiger partial charge in [-0.05, 0) is 62.2 Å². The molecule has 0 radical (unpaired) electrons. The summed E-state index contributed by atoms with van der Waals surface area (Å²) >= 11 is 7.38. The number of rotatable bonds is 9. The number of fused-ring (bicyclic) bond motifs is 1. The molecule has 0 aliphatic carbocycles. The molecular weight excluding hydrogens is 579 g/mol. The summed E-state index contributed by atoms with van der Waals surface area (Å²) in [5, 5.41) is 0.273. The van der Waals surface area contributed by atoms with Crippen LogP contribution in [0.1, 0.15) is 43.5 Å². The van der Waals surface area contributed by atoms with Crippen LogP contribution in [0.5, 0.6) is 11.5 Å². The second kappa shape index (κ2) is 12.8. The van der Waals surface area contributed by atoms with E-state index in [1.165, 1.54) is 23.5 Å². The number of carbonyl (C=O) groups excluding carboxylic acids is 1. The third-order valence-corrected chi connectivity index (χ3v) is 7.97.